The van der Waals surface area contributed by atoms with Gasteiger partial charge in [0, 0.05) is 4.47 Å². The number of amides is 1. The fourth-order valence-electron chi connectivity index (χ4n) is 2.78. The van der Waals surface area contributed by atoms with Gasteiger partial charge in [-0.05, 0) is 54.3 Å². The number of anilines is 1. The quantitative estimate of drug-likeness (QED) is 0.364. The van der Waals surface area contributed by atoms with Crippen LogP contribution in [0, 0.1) is 0 Å². The van der Waals surface area contributed by atoms with E-state index in [1.807, 2.05) is 36.4 Å². The molecule has 5 nitrogen and oxygen atoms in total. The molecule has 0 saturated carbocycles. The summed E-state index contributed by atoms with van der Waals surface area (Å²) in [4.78, 5) is 16.8. The van der Waals surface area contributed by atoms with Crippen molar-refractivity contribution in [1.82, 2.24) is 4.98 Å². The number of carbonyl (C=O) groups is 1. The van der Waals surface area contributed by atoms with Crippen molar-refractivity contribution in [2.75, 3.05) is 18.5 Å². The highest BCUT2D eigenvalue weighted by molar-refractivity contribution is 9.10. The molecule has 3 rings (SSSR count). The summed E-state index contributed by atoms with van der Waals surface area (Å²) < 4.78 is 13.5. The van der Waals surface area contributed by atoms with E-state index in [9.17, 15) is 4.79 Å². The molecule has 0 aliphatic carbocycles. The SMILES string of the molecule is CCCCOc1ccc2nc(NC(=O)COc3ccc(Br)cc3C(C)C)sc2c1. The molecule has 154 valence electrons. The molecule has 29 heavy (non-hydrogen) atoms. The first kappa shape index (κ1) is 21.6. The second-order valence-corrected chi connectivity index (χ2v) is 8.97. The highest BCUT2D eigenvalue weighted by atomic mass is 79.9. The summed E-state index contributed by atoms with van der Waals surface area (Å²) in [6.45, 7) is 6.96. The van der Waals surface area contributed by atoms with Crippen molar-refractivity contribution in [3.63, 3.8) is 0 Å². The lowest BCUT2D eigenvalue weighted by atomic mass is 10.0. The van der Waals surface area contributed by atoms with E-state index in [1.54, 1.807) is 0 Å². The Kier molecular flexibility index (Phi) is 7.50. The molecule has 0 aliphatic rings. The summed E-state index contributed by atoms with van der Waals surface area (Å²) in [5, 5.41) is 3.38. The maximum Gasteiger partial charge on any atom is 0.264 e. The van der Waals surface area contributed by atoms with E-state index in [0.29, 0.717) is 17.7 Å². The number of halogens is 1. The van der Waals surface area contributed by atoms with Gasteiger partial charge in [0.2, 0.25) is 0 Å². The van der Waals surface area contributed by atoms with E-state index in [2.05, 4.69) is 47.0 Å². The number of hydrogen-bond donors (Lipinski definition) is 1. The van der Waals surface area contributed by atoms with E-state index in [4.69, 9.17) is 9.47 Å². The van der Waals surface area contributed by atoms with Crippen LogP contribution in [0.3, 0.4) is 0 Å². The van der Waals surface area contributed by atoms with E-state index in [0.717, 1.165) is 44.6 Å². The van der Waals surface area contributed by atoms with E-state index in [1.165, 1.54) is 11.3 Å². The minimum atomic E-state index is -0.235. The molecule has 0 spiro atoms. The highest BCUT2D eigenvalue weighted by Gasteiger charge is 2.13. The molecule has 0 aliphatic heterocycles. The van der Waals surface area contributed by atoms with Gasteiger partial charge in [0.15, 0.2) is 11.7 Å². The van der Waals surface area contributed by atoms with Gasteiger partial charge in [-0.1, -0.05) is 54.5 Å². The lowest BCUT2D eigenvalue weighted by Gasteiger charge is -2.14. The fraction of sp³-hybridized carbons (Fsp3) is 0.364. The number of benzene rings is 2. The number of thiazole rings is 1. The maximum atomic E-state index is 12.3. The molecule has 1 amide bonds. The van der Waals surface area contributed by atoms with Crippen LogP contribution in [0.25, 0.3) is 10.2 Å². The van der Waals surface area contributed by atoms with Gasteiger partial charge in [-0.15, -0.1) is 0 Å². The number of carbonyl (C=O) groups excluding carboxylic acids is 1. The van der Waals surface area contributed by atoms with Gasteiger partial charge >= 0.3 is 0 Å². The van der Waals surface area contributed by atoms with Crippen molar-refractivity contribution in [2.45, 2.75) is 39.5 Å². The first-order valence-electron chi connectivity index (χ1n) is 9.71. The standard InChI is InChI=1S/C22H25BrN2O3S/c1-4-5-10-27-16-7-8-18-20(12-16)29-22(24-18)25-21(26)13-28-19-9-6-15(23)11-17(19)14(2)3/h6-9,11-12,14H,4-5,10,13H2,1-3H3,(H,24,25,26). The first-order chi connectivity index (χ1) is 14.0. The largest absolute Gasteiger partial charge is 0.494 e. The molecular formula is C22H25BrN2O3S. The average molecular weight is 477 g/mol. The van der Waals surface area contributed by atoms with Crippen molar-refractivity contribution in [1.29, 1.82) is 0 Å². The van der Waals surface area contributed by atoms with Gasteiger partial charge in [0.05, 0.1) is 16.8 Å². The van der Waals surface area contributed by atoms with Gasteiger partial charge in [0.1, 0.15) is 11.5 Å². The van der Waals surface area contributed by atoms with Crippen molar-refractivity contribution < 1.29 is 14.3 Å². The van der Waals surface area contributed by atoms with Gasteiger partial charge in [-0.2, -0.15) is 0 Å². The van der Waals surface area contributed by atoms with Crippen LogP contribution in [-0.2, 0) is 4.79 Å². The maximum absolute atomic E-state index is 12.3. The Morgan fingerprint density at radius 3 is 2.79 bits per heavy atom. The van der Waals surface area contributed by atoms with Crippen LogP contribution in [0.5, 0.6) is 11.5 Å². The predicted molar refractivity (Wildman–Crippen MR) is 122 cm³/mol. The Balaban J connectivity index is 1.61. The summed E-state index contributed by atoms with van der Waals surface area (Å²) in [7, 11) is 0. The molecule has 0 bridgehead atoms. The normalized spacial score (nSPS) is 11.1. The van der Waals surface area contributed by atoms with E-state index >= 15 is 0 Å². The first-order valence-corrected chi connectivity index (χ1v) is 11.3. The van der Waals surface area contributed by atoms with Crippen molar-refractivity contribution in [3.05, 3.63) is 46.4 Å². The zero-order chi connectivity index (χ0) is 20.8. The predicted octanol–water partition coefficient (Wildman–Crippen LogP) is 6.38. The molecule has 3 aromatic rings. The summed E-state index contributed by atoms with van der Waals surface area (Å²) in [5.74, 6) is 1.61. The topological polar surface area (TPSA) is 60.5 Å². The Morgan fingerprint density at radius 2 is 2.03 bits per heavy atom. The number of ether oxygens (including phenoxy) is 2. The smallest absolute Gasteiger partial charge is 0.264 e. The Labute approximate surface area is 183 Å². The van der Waals surface area contributed by atoms with Crippen LogP contribution in [0.1, 0.15) is 45.1 Å². The number of nitrogens with zero attached hydrogens (tertiary/aromatic N) is 1. The molecule has 1 aromatic heterocycles. The zero-order valence-corrected chi connectivity index (χ0v) is 19.2. The van der Waals surface area contributed by atoms with Gasteiger partial charge < -0.3 is 9.47 Å². The second-order valence-electron chi connectivity index (χ2n) is 7.02. The van der Waals surface area contributed by atoms with Gasteiger partial charge in [0.25, 0.3) is 5.91 Å². The van der Waals surface area contributed by atoms with Crippen molar-refractivity contribution >= 4 is 48.5 Å². The highest BCUT2D eigenvalue weighted by Crippen LogP contribution is 2.31. The molecule has 0 radical (unpaired) electrons. The van der Waals surface area contributed by atoms with Crippen LogP contribution >= 0.6 is 27.3 Å². The van der Waals surface area contributed by atoms with Crippen LogP contribution in [0.4, 0.5) is 5.13 Å². The molecule has 7 heteroatoms. The Morgan fingerprint density at radius 1 is 1.21 bits per heavy atom. The van der Waals surface area contributed by atoms with Crippen molar-refractivity contribution in [3.8, 4) is 11.5 Å². The van der Waals surface area contributed by atoms with Crippen LogP contribution in [0.2, 0.25) is 0 Å². The molecule has 0 fully saturated rings. The molecule has 0 atom stereocenters. The minimum absolute atomic E-state index is 0.0668. The number of fused-ring (bicyclic) bond motifs is 1. The summed E-state index contributed by atoms with van der Waals surface area (Å²) in [6.07, 6.45) is 2.12. The monoisotopic (exact) mass is 476 g/mol. The second kappa shape index (κ2) is 10.1. The third kappa shape index (κ3) is 5.93. The minimum Gasteiger partial charge on any atom is -0.494 e. The lowest BCUT2D eigenvalue weighted by Crippen LogP contribution is -2.20. The summed E-state index contributed by atoms with van der Waals surface area (Å²) in [5.41, 5.74) is 1.90. The average Bonchev–Trinajstić information content (AvgIpc) is 3.08. The molecule has 1 heterocycles. The summed E-state index contributed by atoms with van der Waals surface area (Å²) >= 11 is 4.90. The third-order valence-corrected chi connectivity index (χ3v) is 5.75. The molecule has 0 unspecified atom stereocenters. The van der Waals surface area contributed by atoms with Crippen LogP contribution in [0.15, 0.2) is 40.9 Å². The molecule has 0 saturated heterocycles. The number of aromatic nitrogens is 1. The van der Waals surface area contributed by atoms with E-state index in [-0.39, 0.29) is 12.5 Å². The Bertz CT molecular complexity index is 987. The zero-order valence-electron chi connectivity index (χ0n) is 16.8. The van der Waals surface area contributed by atoms with Gasteiger partial charge in [-0.25, -0.2) is 4.98 Å². The number of nitrogens with one attached hydrogen (secondary N) is 1. The molecule has 2 aromatic carbocycles. The Hall–Kier alpha value is -2.12. The number of unbranched alkanes of at least 4 members (excludes halogenated alkanes) is 1. The lowest BCUT2D eigenvalue weighted by molar-refractivity contribution is -0.118. The molecular weight excluding hydrogens is 452 g/mol. The van der Waals surface area contributed by atoms with Gasteiger partial charge in [-0.3, -0.25) is 10.1 Å². The van der Waals surface area contributed by atoms with Crippen molar-refractivity contribution in [2.24, 2.45) is 0 Å². The number of hydrogen-bond acceptors (Lipinski definition) is 5. The number of rotatable bonds is 9. The van der Waals surface area contributed by atoms with Crippen LogP contribution < -0.4 is 14.8 Å². The van der Waals surface area contributed by atoms with E-state index < -0.39 is 0 Å². The third-order valence-electron chi connectivity index (χ3n) is 4.33. The molecule has 1 N–H and O–H groups in total. The van der Waals surface area contributed by atoms with Crippen LogP contribution in [-0.4, -0.2) is 24.1 Å². The fourth-order valence-corrected chi connectivity index (χ4v) is 4.07. The summed E-state index contributed by atoms with van der Waals surface area (Å²) in [6, 6.07) is 11.6.